The number of hydrogen-bond donors (Lipinski definition) is 1. The van der Waals surface area contributed by atoms with E-state index in [9.17, 15) is 9.59 Å². The van der Waals surface area contributed by atoms with Crippen LogP contribution in [0.1, 0.15) is 33.6 Å². The van der Waals surface area contributed by atoms with Gasteiger partial charge in [-0.1, -0.05) is 6.07 Å². The molecule has 1 aromatic rings. The van der Waals surface area contributed by atoms with Gasteiger partial charge in [0, 0.05) is 50.9 Å². The van der Waals surface area contributed by atoms with Gasteiger partial charge >= 0.3 is 0 Å². The third-order valence-corrected chi connectivity index (χ3v) is 4.47. The van der Waals surface area contributed by atoms with Gasteiger partial charge in [0.1, 0.15) is 0 Å². The van der Waals surface area contributed by atoms with Crippen molar-refractivity contribution in [2.75, 3.05) is 39.8 Å². The maximum absolute atomic E-state index is 12.6. The van der Waals surface area contributed by atoms with Crippen molar-refractivity contribution in [3.63, 3.8) is 0 Å². The molecule has 3 rings (SSSR count). The second-order valence-corrected chi connectivity index (χ2v) is 6.20. The van der Waals surface area contributed by atoms with Crippen LogP contribution in [0.5, 0.6) is 0 Å². The fraction of sp³-hybridized carbons (Fsp3) is 0.529. The average molecular weight is 301 g/mol. The van der Waals surface area contributed by atoms with E-state index in [0.717, 1.165) is 32.1 Å². The van der Waals surface area contributed by atoms with Gasteiger partial charge in [0.25, 0.3) is 11.8 Å². The molecule has 0 spiro atoms. The molecule has 2 aliphatic rings. The Morgan fingerprint density at radius 2 is 1.82 bits per heavy atom. The molecule has 1 aliphatic carbocycles. The molecule has 118 valence electrons. The number of piperazine rings is 1. The maximum atomic E-state index is 12.6. The number of nitrogens with zero attached hydrogens (tertiary/aromatic N) is 2. The Morgan fingerprint density at radius 3 is 2.45 bits per heavy atom. The molecule has 1 saturated carbocycles. The second kappa shape index (κ2) is 6.48. The Bertz CT molecular complexity index is 561. The molecular weight excluding hydrogens is 278 g/mol. The molecule has 0 aromatic heterocycles. The minimum absolute atomic E-state index is 0.0248. The molecule has 5 nitrogen and oxygen atoms in total. The van der Waals surface area contributed by atoms with Crippen molar-refractivity contribution in [3.05, 3.63) is 35.4 Å². The van der Waals surface area contributed by atoms with E-state index < -0.39 is 0 Å². The van der Waals surface area contributed by atoms with Crippen LogP contribution in [0, 0.1) is 5.92 Å². The number of amides is 2. The molecule has 22 heavy (non-hydrogen) atoms. The summed E-state index contributed by atoms with van der Waals surface area (Å²) in [5.41, 5.74) is 1.12. The predicted molar refractivity (Wildman–Crippen MR) is 84.9 cm³/mol. The molecule has 2 amide bonds. The lowest BCUT2D eigenvalue weighted by Gasteiger charge is -2.34. The summed E-state index contributed by atoms with van der Waals surface area (Å²) < 4.78 is 0. The first kappa shape index (κ1) is 15.0. The number of carbonyl (C=O) groups is 2. The summed E-state index contributed by atoms with van der Waals surface area (Å²) >= 11 is 0. The molecule has 5 heteroatoms. The van der Waals surface area contributed by atoms with Gasteiger partial charge in [-0.05, 0) is 37.0 Å². The predicted octanol–water partition coefficient (Wildman–Crippen LogP) is 1.21. The van der Waals surface area contributed by atoms with Crippen LogP contribution in [0.25, 0.3) is 0 Å². The second-order valence-electron chi connectivity index (χ2n) is 6.20. The van der Waals surface area contributed by atoms with Crippen LogP contribution in [-0.2, 0) is 0 Å². The first-order valence-corrected chi connectivity index (χ1v) is 8.01. The largest absolute Gasteiger partial charge is 0.355 e. The van der Waals surface area contributed by atoms with Crippen LogP contribution >= 0.6 is 0 Å². The molecule has 1 heterocycles. The zero-order chi connectivity index (χ0) is 15.5. The van der Waals surface area contributed by atoms with Crippen molar-refractivity contribution in [1.82, 2.24) is 15.1 Å². The standard InChI is InChI=1S/C17H23N3O2/c1-18-16(21)14-3-2-4-15(11-14)17(22)20-9-7-19(8-10-20)12-13-5-6-13/h2-4,11,13H,5-10,12H2,1H3,(H,18,21). The fourth-order valence-corrected chi connectivity index (χ4v) is 2.92. The highest BCUT2D eigenvalue weighted by molar-refractivity contribution is 5.99. The number of rotatable bonds is 4. The molecule has 0 bridgehead atoms. The van der Waals surface area contributed by atoms with E-state index in [4.69, 9.17) is 0 Å². The quantitative estimate of drug-likeness (QED) is 0.909. The third kappa shape index (κ3) is 3.47. The lowest BCUT2D eigenvalue weighted by molar-refractivity contribution is 0.0632. The van der Waals surface area contributed by atoms with E-state index in [0.29, 0.717) is 11.1 Å². The van der Waals surface area contributed by atoms with Crippen molar-refractivity contribution in [2.45, 2.75) is 12.8 Å². The first-order chi connectivity index (χ1) is 10.7. The Balaban J connectivity index is 1.60. The van der Waals surface area contributed by atoms with Gasteiger partial charge in [0.15, 0.2) is 0 Å². The topological polar surface area (TPSA) is 52.7 Å². The van der Waals surface area contributed by atoms with E-state index in [-0.39, 0.29) is 11.8 Å². The molecule has 0 unspecified atom stereocenters. The fourth-order valence-electron chi connectivity index (χ4n) is 2.92. The van der Waals surface area contributed by atoms with Gasteiger partial charge in [-0.3, -0.25) is 14.5 Å². The molecule has 1 aromatic carbocycles. The molecule has 0 atom stereocenters. The molecule has 1 saturated heterocycles. The van der Waals surface area contributed by atoms with Crippen LogP contribution in [0.15, 0.2) is 24.3 Å². The molecule has 0 radical (unpaired) electrons. The summed E-state index contributed by atoms with van der Waals surface area (Å²) in [6, 6.07) is 6.95. The SMILES string of the molecule is CNC(=O)c1cccc(C(=O)N2CCN(CC3CC3)CC2)c1. The Morgan fingerprint density at radius 1 is 1.14 bits per heavy atom. The Hall–Kier alpha value is -1.88. The maximum Gasteiger partial charge on any atom is 0.253 e. The molecule has 1 N–H and O–H groups in total. The molecule has 2 fully saturated rings. The summed E-state index contributed by atoms with van der Waals surface area (Å²) in [6.07, 6.45) is 2.73. The highest BCUT2D eigenvalue weighted by Gasteiger charge is 2.28. The lowest BCUT2D eigenvalue weighted by Crippen LogP contribution is -2.49. The van der Waals surface area contributed by atoms with Gasteiger partial charge in [0.05, 0.1) is 0 Å². The average Bonchev–Trinajstić information content (AvgIpc) is 3.38. The van der Waals surface area contributed by atoms with Crippen molar-refractivity contribution >= 4 is 11.8 Å². The van der Waals surface area contributed by atoms with Gasteiger partial charge in [-0.15, -0.1) is 0 Å². The van der Waals surface area contributed by atoms with Crippen molar-refractivity contribution in [3.8, 4) is 0 Å². The van der Waals surface area contributed by atoms with E-state index >= 15 is 0 Å². The van der Waals surface area contributed by atoms with Crippen LogP contribution in [0.2, 0.25) is 0 Å². The van der Waals surface area contributed by atoms with E-state index in [1.165, 1.54) is 19.4 Å². The molecular formula is C17H23N3O2. The lowest BCUT2D eigenvalue weighted by atomic mass is 10.1. The van der Waals surface area contributed by atoms with Crippen LogP contribution in [0.4, 0.5) is 0 Å². The number of hydrogen-bond acceptors (Lipinski definition) is 3. The van der Waals surface area contributed by atoms with E-state index in [1.54, 1.807) is 31.3 Å². The zero-order valence-corrected chi connectivity index (χ0v) is 13.0. The van der Waals surface area contributed by atoms with Crippen molar-refractivity contribution < 1.29 is 9.59 Å². The highest BCUT2D eigenvalue weighted by atomic mass is 16.2. The number of benzene rings is 1. The Labute approximate surface area is 131 Å². The summed E-state index contributed by atoms with van der Waals surface area (Å²) in [5.74, 6) is 0.757. The normalized spacial score (nSPS) is 19.0. The first-order valence-electron chi connectivity index (χ1n) is 8.01. The summed E-state index contributed by atoms with van der Waals surface area (Å²) in [7, 11) is 1.59. The van der Waals surface area contributed by atoms with Crippen LogP contribution in [0.3, 0.4) is 0 Å². The van der Waals surface area contributed by atoms with E-state index in [1.807, 2.05) is 4.90 Å². The smallest absolute Gasteiger partial charge is 0.253 e. The summed E-state index contributed by atoms with van der Waals surface area (Å²) in [4.78, 5) is 28.6. The minimum Gasteiger partial charge on any atom is -0.355 e. The van der Waals surface area contributed by atoms with Gasteiger partial charge < -0.3 is 10.2 Å². The van der Waals surface area contributed by atoms with Crippen molar-refractivity contribution in [1.29, 1.82) is 0 Å². The number of carbonyl (C=O) groups excluding carboxylic acids is 2. The van der Waals surface area contributed by atoms with Gasteiger partial charge in [0.2, 0.25) is 0 Å². The van der Waals surface area contributed by atoms with Gasteiger partial charge in [-0.25, -0.2) is 0 Å². The summed E-state index contributed by atoms with van der Waals surface area (Å²) in [5, 5.41) is 2.59. The Kier molecular flexibility index (Phi) is 4.43. The summed E-state index contributed by atoms with van der Waals surface area (Å²) in [6.45, 7) is 4.65. The van der Waals surface area contributed by atoms with Crippen LogP contribution in [-0.4, -0.2) is 61.4 Å². The number of nitrogens with one attached hydrogen (secondary N) is 1. The molecule has 1 aliphatic heterocycles. The zero-order valence-electron chi connectivity index (χ0n) is 13.0. The monoisotopic (exact) mass is 301 g/mol. The third-order valence-electron chi connectivity index (χ3n) is 4.47. The van der Waals surface area contributed by atoms with Gasteiger partial charge in [-0.2, -0.15) is 0 Å². The van der Waals surface area contributed by atoms with E-state index in [2.05, 4.69) is 10.2 Å². The highest BCUT2D eigenvalue weighted by Crippen LogP contribution is 2.30. The van der Waals surface area contributed by atoms with Crippen molar-refractivity contribution in [2.24, 2.45) is 5.92 Å². The van der Waals surface area contributed by atoms with Crippen LogP contribution < -0.4 is 5.32 Å². The minimum atomic E-state index is -0.163.